The summed E-state index contributed by atoms with van der Waals surface area (Å²) in [6.07, 6.45) is 4.18. The van der Waals surface area contributed by atoms with Crippen LogP contribution in [0.1, 0.15) is 31.7 Å². The number of ether oxygens (including phenoxy) is 1. The molecule has 6 nitrogen and oxygen atoms in total. The van der Waals surface area contributed by atoms with E-state index in [9.17, 15) is 8.78 Å². The molecule has 9 heteroatoms. The summed E-state index contributed by atoms with van der Waals surface area (Å²) in [6.45, 7) is 6.10. The molecule has 180 valence electrons. The Bertz CT molecular complexity index is 921. The molecule has 1 atom stereocenters. The van der Waals surface area contributed by atoms with E-state index in [2.05, 4.69) is 15.6 Å². The number of nitrogens with zero attached hydrogens (tertiary/aromatic N) is 3. The Balaban J connectivity index is 0.00000306. The van der Waals surface area contributed by atoms with Crippen LogP contribution in [0.25, 0.3) is 0 Å². The van der Waals surface area contributed by atoms with Crippen LogP contribution in [0, 0.1) is 11.6 Å². The predicted molar refractivity (Wildman–Crippen MR) is 137 cm³/mol. The van der Waals surface area contributed by atoms with Crippen LogP contribution in [0.4, 0.5) is 14.6 Å². The van der Waals surface area contributed by atoms with Crippen molar-refractivity contribution in [3.05, 3.63) is 59.8 Å². The second-order valence-electron chi connectivity index (χ2n) is 8.48. The van der Waals surface area contributed by atoms with Crippen LogP contribution in [0.2, 0.25) is 0 Å². The van der Waals surface area contributed by atoms with Gasteiger partial charge in [-0.1, -0.05) is 12.1 Å². The van der Waals surface area contributed by atoms with Crippen molar-refractivity contribution in [2.75, 3.05) is 44.3 Å². The summed E-state index contributed by atoms with van der Waals surface area (Å²) in [5.74, 6) is 0.615. The number of aliphatic imine (C=N–C) groups is 1. The van der Waals surface area contributed by atoms with Crippen molar-refractivity contribution in [3.8, 4) is 0 Å². The molecule has 0 saturated carbocycles. The predicted octanol–water partition coefficient (Wildman–Crippen LogP) is 3.86. The third-order valence-electron chi connectivity index (χ3n) is 6.36. The molecule has 1 aromatic heterocycles. The molecule has 2 fully saturated rings. The summed E-state index contributed by atoms with van der Waals surface area (Å²) in [7, 11) is 0. The highest BCUT2D eigenvalue weighted by Crippen LogP contribution is 2.35. The van der Waals surface area contributed by atoms with E-state index < -0.39 is 0 Å². The Labute approximate surface area is 211 Å². The van der Waals surface area contributed by atoms with Crippen molar-refractivity contribution in [1.29, 1.82) is 0 Å². The summed E-state index contributed by atoms with van der Waals surface area (Å²) in [5.41, 5.74) is 0.923. The minimum absolute atomic E-state index is 0. The van der Waals surface area contributed by atoms with Gasteiger partial charge < -0.3 is 20.3 Å². The first kappa shape index (κ1) is 25.6. The van der Waals surface area contributed by atoms with Gasteiger partial charge in [-0.05, 0) is 56.0 Å². The van der Waals surface area contributed by atoms with Gasteiger partial charge >= 0.3 is 0 Å². The molecule has 33 heavy (non-hydrogen) atoms. The Hall–Kier alpha value is -2.01. The van der Waals surface area contributed by atoms with Gasteiger partial charge in [0.15, 0.2) is 17.6 Å². The van der Waals surface area contributed by atoms with E-state index in [0.29, 0.717) is 32.1 Å². The van der Waals surface area contributed by atoms with Crippen LogP contribution in [-0.4, -0.2) is 56.4 Å². The number of hydrogen-bond acceptors (Lipinski definition) is 4. The average Bonchev–Trinajstić information content (AvgIpc) is 3.27. The molecule has 2 N–H and O–H groups in total. The molecule has 1 unspecified atom stereocenters. The number of guanidine groups is 1. The molecule has 1 aromatic carbocycles. The lowest BCUT2D eigenvalue weighted by molar-refractivity contribution is 0.0530. The first-order valence-electron chi connectivity index (χ1n) is 11.3. The fourth-order valence-corrected chi connectivity index (χ4v) is 4.53. The summed E-state index contributed by atoms with van der Waals surface area (Å²) in [4.78, 5) is 11.1. The standard InChI is InChI=1S/C24H31F2N5O.HI/c1-2-27-23(30-20-9-13-31(16-20)22-21(26)4-3-12-28-22)29-17-24(10-14-32-15-11-24)18-5-7-19(25)8-6-18;/h3-8,12,20H,2,9-11,13-17H2,1H3,(H2,27,29,30);1H. The van der Waals surface area contributed by atoms with Crippen molar-refractivity contribution >= 4 is 35.8 Å². The Morgan fingerprint density at radius 1 is 1.21 bits per heavy atom. The number of aromatic nitrogens is 1. The molecule has 0 bridgehead atoms. The fourth-order valence-electron chi connectivity index (χ4n) is 4.53. The lowest BCUT2D eigenvalue weighted by Gasteiger charge is -2.36. The number of pyridine rings is 1. The van der Waals surface area contributed by atoms with Crippen molar-refractivity contribution in [2.24, 2.45) is 4.99 Å². The minimum atomic E-state index is -0.297. The summed E-state index contributed by atoms with van der Waals surface area (Å²) in [5, 5.41) is 6.84. The zero-order valence-electron chi connectivity index (χ0n) is 18.9. The Kier molecular flexibility index (Phi) is 9.25. The van der Waals surface area contributed by atoms with Crippen LogP contribution in [0.5, 0.6) is 0 Å². The average molecular weight is 571 g/mol. The number of anilines is 1. The summed E-state index contributed by atoms with van der Waals surface area (Å²) < 4.78 is 33.2. The summed E-state index contributed by atoms with van der Waals surface area (Å²) in [6, 6.07) is 9.96. The van der Waals surface area contributed by atoms with Gasteiger partial charge in [-0.15, -0.1) is 24.0 Å². The largest absolute Gasteiger partial charge is 0.381 e. The SMILES string of the molecule is CCNC(=NCC1(c2ccc(F)cc2)CCOCC1)NC1CCN(c2ncccc2F)C1.I. The van der Waals surface area contributed by atoms with Crippen molar-refractivity contribution in [2.45, 2.75) is 37.6 Å². The Morgan fingerprint density at radius 3 is 2.67 bits per heavy atom. The zero-order valence-corrected chi connectivity index (χ0v) is 21.2. The van der Waals surface area contributed by atoms with E-state index in [-0.39, 0.29) is 47.1 Å². The molecule has 2 aliphatic rings. The van der Waals surface area contributed by atoms with E-state index in [1.165, 1.54) is 18.2 Å². The molecule has 0 radical (unpaired) electrons. The van der Waals surface area contributed by atoms with Crippen molar-refractivity contribution in [1.82, 2.24) is 15.6 Å². The number of halogens is 3. The molecule has 4 rings (SSSR count). The van der Waals surface area contributed by atoms with Gasteiger partial charge in [0.25, 0.3) is 0 Å². The maximum absolute atomic E-state index is 14.1. The normalized spacial score (nSPS) is 20.3. The highest BCUT2D eigenvalue weighted by molar-refractivity contribution is 14.0. The van der Waals surface area contributed by atoms with E-state index in [1.807, 2.05) is 24.0 Å². The minimum Gasteiger partial charge on any atom is -0.381 e. The molecular formula is C24H32F2IN5O. The lowest BCUT2D eigenvalue weighted by atomic mass is 9.74. The van der Waals surface area contributed by atoms with Crippen LogP contribution in [0.3, 0.4) is 0 Å². The van der Waals surface area contributed by atoms with Gasteiger partial charge in [0, 0.05) is 50.5 Å². The van der Waals surface area contributed by atoms with Gasteiger partial charge in [0.2, 0.25) is 0 Å². The second-order valence-corrected chi connectivity index (χ2v) is 8.48. The third kappa shape index (κ3) is 6.32. The number of rotatable bonds is 6. The smallest absolute Gasteiger partial charge is 0.191 e. The highest BCUT2D eigenvalue weighted by atomic mass is 127. The highest BCUT2D eigenvalue weighted by Gasteiger charge is 2.35. The van der Waals surface area contributed by atoms with E-state index >= 15 is 0 Å². The molecule has 2 aromatic rings. The quantitative estimate of drug-likeness (QED) is 0.314. The van der Waals surface area contributed by atoms with Crippen LogP contribution >= 0.6 is 24.0 Å². The molecule has 2 saturated heterocycles. The van der Waals surface area contributed by atoms with Gasteiger partial charge in [-0.3, -0.25) is 4.99 Å². The summed E-state index contributed by atoms with van der Waals surface area (Å²) >= 11 is 0. The van der Waals surface area contributed by atoms with Crippen LogP contribution in [-0.2, 0) is 10.2 Å². The number of nitrogens with one attached hydrogen (secondary N) is 2. The monoisotopic (exact) mass is 571 g/mol. The van der Waals surface area contributed by atoms with Gasteiger partial charge in [-0.25, -0.2) is 13.8 Å². The van der Waals surface area contributed by atoms with Gasteiger partial charge in [0.05, 0.1) is 6.54 Å². The van der Waals surface area contributed by atoms with Gasteiger partial charge in [0.1, 0.15) is 5.82 Å². The van der Waals surface area contributed by atoms with Crippen LogP contribution < -0.4 is 15.5 Å². The van der Waals surface area contributed by atoms with Crippen molar-refractivity contribution < 1.29 is 13.5 Å². The fraction of sp³-hybridized carbons (Fsp3) is 0.500. The second kappa shape index (κ2) is 11.9. The maximum Gasteiger partial charge on any atom is 0.191 e. The van der Waals surface area contributed by atoms with E-state index in [1.54, 1.807) is 12.3 Å². The lowest BCUT2D eigenvalue weighted by Crippen LogP contribution is -2.46. The number of hydrogen-bond donors (Lipinski definition) is 2. The molecule has 3 heterocycles. The first-order chi connectivity index (χ1) is 15.6. The molecule has 0 amide bonds. The molecule has 0 aliphatic carbocycles. The first-order valence-corrected chi connectivity index (χ1v) is 11.3. The third-order valence-corrected chi connectivity index (χ3v) is 6.36. The molecular weight excluding hydrogens is 539 g/mol. The zero-order chi connectivity index (χ0) is 22.4. The van der Waals surface area contributed by atoms with E-state index in [4.69, 9.17) is 9.73 Å². The van der Waals surface area contributed by atoms with Crippen LogP contribution in [0.15, 0.2) is 47.6 Å². The molecule has 0 spiro atoms. The van der Waals surface area contributed by atoms with Crippen molar-refractivity contribution in [3.63, 3.8) is 0 Å². The topological polar surface area (TPSA) is 61.8 Å². The Morgan fingerprint density at radius 2 is 1.97 bits per heavy atom. The number of benzene rings is 1. The van der Waals surface area contributed by atoms with E-state index in [0.717, 1.165) is 43.9 Å². The van der Waals surface area contributed by atoms with Gasteiger partial charge in [-0.2, -0.15) is 0 Å². The molecule has 2 aliphatic heterocycles. The maximum atomic E-state index is 14.1.